The zero-order chi connectivity index (χ0) is 7.40. The van der Waals surface area contributed by atoms with E-state index in [2.05, 4.69) is 12.7 Å². The molecular formula is C9H11N. The summed E-state index contributed by atoms with van der Waals surface area (Å²) in [4.78, 5) is 0. The van der Waals surface area contributed by atoms with E-state index in [1.807, 2.05) is 36.0 Å². The molecular weight excluding hydrogens is 122 g/mol. The first-order valence-corrected chi connectivity index (χ1v) is 3.29. The molecule has 0 aromatic carbocycles. The summed E-state index contributed by atoms with van der Waals surface area (Å²) >= 11 is 0. The molecule has 0 saturated carbocycles. The van der Waals surface area contributed by atoms with Crippen LogP contribution >= 0.6 is 0 Å². The van der Waals surface area contributed by atoms with Crippen molar-refractivity contribution >= 4 is 12.3 Å². The fourth-order valence-electron chi connectivity index (χ4n) is 0.835. The van der Waals surface area contributed by atoms with E-state index in [-0.39, 0.29) is 0 Å². The third kappa shape index (κ3) is 1.38. The van der Waals surface area contributed by atoms with Crippen LogP contribution in [-0.4, -0.2) is 4.57 Å². The van der Waals surface area contributed by atoms with Gasteiger partial charge in [0.15, 0.2) is 0 Å². The zero-order valence-electron chi connectivity index (χ0n) is 6.12. The Morgan fingerprint density at radius 1 is 1.60 bits per heavy atom. The van der Waals surface area contributed by atoms with Crippen molar-refractivity contribution in [3.63, 3.8) is 0 Å². The third-order valence-electron chi connectivity index (χ3n) is 1.31. The van der Waals surface area contributed by atoms with E-state index >= 15 is 0 Å². The maximum atomic E-state index is 3.64. The lowest BCUT2D eigenvalue weighted by Gasteiger charge is -1.85. The van der Waals surface area contributed by atoms with Crippen LogP contribution in [0.25, 0.3) is 12.3 Å². The van der Waals surface area contributed by atoms with Gasteiger partial charge in [0.25, 0.3) is 0 Å². The largest absolute Gasteiger partial charge is 0.331 e. The average molecular weight is 133 g/mol. The van der Waals surface area contributed by atoms with Gasteiger partial charge in [-0.25, -0.2) is 0 Å². The number of hydrogen-bond donors (Lipinski definition) is 0. The van der Waals surface area contributed by atoms with Gasteiger partial charge in [-0.05, 0) is 18.6 Å². The van der Waals surface area contributed by atoms with Gasteiger partial charge in [0.05, 0.1) is 0 Å². The van der Waals surface area contributed by atoms with Crippen LogP contribution in [0.15, 0.2) is 31.1 Å². The minimum atomic E-state index is 1.21. The second-order valence-corrected chi connectivity index (χ2v) is 2.07. The third-order valence-corrected chi connectivity index (χ3v) is 1.31. The van der Waals surface area contributed by atoms with Crippen molar-refractivity contribution in [1.29, 1.82) is 0 Å². The fraction of sp³-hybridized carbons (Fsp3) is 0.111. The van der Waals surface area contributed by atoms with E-state index in [1.165, 1.54) is 5.56 Å². The Balaban J connectivity index is 2.87. The van der Waals surface area contributed by atoms with Crippen LogP contribution in [0.1, 0.15) is 12.5 Å². The number of nitrogens with zero attached hydrogens (tertiary/aromatic N) is 1. The molecule has 0 atom stereocenters. The predicted octanol–water partition coefficient (Wildman–Crippen LogP) is 2.62. The lowest BCUT2D eigenvalue weighted by Crippen LogP contribution is -1.74. The smallest absolute Gasteiger partial charge is 0.0155 e. The van der Waals surface area contributed by atoms with Crippen molar-refractivity contribution < 1.29 is 0 Å². The molecule has 52 valence electrons. The Kier molecular flexibility index (Phi) is 2.11. The zero-order valence-corrected chi connectivity index (χ0v) is 6.12. The van der Waals surface area contributed by atoms with Crippen LogP contribution in [0.2, 0.25) is 0 Å². The van der Waals surface area contributed by atoms with Crippen LogP contribution < -0.4 is 0 Å². The Morgan fingerprint density at radius 3 is 2.90 bits per heavy atom. The molecule has 0 radical (unpaired) electrons. The first kappa shape index (κ1) is 6.87. The van der Waals surface area contributed by atoms with Crippen LogP contribution in [0.4, 0.5) is 0 Å². The number of hydrogen-bond acceptors (Lipinski definition) is 0. The molecule has 0 fully saturated rings. The summed E-state index contributed by atoms with van der Waals surface area (Å²) in [6, 6.07) is 2.04. The maximum Gasteiger partial charge on any atom is 0.0155 e. The molecule has 0 aliphatic rings. The van der Waals surface area contributed by atoms with E-state index in [1.54, 1.807) is 6.20 Å². The Hall–Kier alpha value is -1.24. The van der Waals surface area contributed by atoms with Gasteiger partial charge in [0.2, 0.25) is 0 Å². The lowest BCUT2D eigenvalue weighted by molar-refractivity contribution is 1.17. The SMILES string of the molecule is C=Cn1ccc(/C=C/C)c1. The van der Waals surface area contributed by atoms with Gasteiger partial charge < -0.3 is 4.57 Å². The number of aromatic nitrogens is 1. The highest BCUT2D eigenvalue weighted by Crippen LogP contribution is 2.02. The van der Waals surface area contributed by atoms with Crippen LogP contribution in [0.3, 0.4) is 0 Å². The van der Waals surface area contributed by atoms with Gasteiger partial charge >= 0.3 is 0 Å². The van der Waals surface area contributed by atoms with Crippen molar-refractivity contribution in [3.8, 4) is 0 Å². The summed E-state index contributed by atoms with van der Waals surface area (Å²) in [5.74, 6) is 0. The van der Waals surface area contributed by atoms with Crippen LogP contribution in [0.5, 0.6) is 0 Å². The van der Waals surface area contributed by atoms with Crippen molar-refractivity contribution in [2.24, 2.45) is 0 Å². The van der Waals surface area contributed by atoms with Crippen molar-refractivity contribution in [2.75, 3.05) is 0 Å². The van der Waals surface area contributed by atoms with Gasteiger partial charge in [0.1, 0.15) is 0 Å². The molecule has 0 spiro atoms. The predicted molar refractivity (Wildman–Crippen MR) is 45.5 cm³/mol. The van der Waals surface area contributed by atoms with E-state index in [9.17, 15) is 0 Å². The summed E-state index contributed by atoms with van der Waals surface area (Å²) in [5.41, 5.74) is 1.21. The monoisotopic (exact) mass is 133 g/mol. The highest BCUT2D eigenvalue weighted by atomic mass is 14.9. The summed E-state index contributed by atoms with van der Waals surface area (Å²) in [7, 11) is 0. The highest BCUT2D eigenvalue weighted by molar-refractivity contribution is 5.48. The molecule has 0 unspecified atom stereocenters. The van der Waals surface area contributed by atoms with Crippen molar-refractivity contribution in [1.82, 2.24) is 4.57 Å². The standard InChI is InChI=1S/C9H11N/c1-3-5-9-6-7-10(4-2)8-9/h3-8H,2H2,1H3/b5-3+. The highest BCUT2D eigenvalue weighted by Gasteiger charge is 1.86. The molecule has 1 nitrogen and oxygen atoms in total. The Morgan fingerprint density at radius 2 is 2.40 bits per heavy atom. The molecule has 0 N–H and O–H groups in total. The Bertz CT molecular complexity index is 243. The second-order valence-electron chi connectivity index (χ2n) is 2.07. The number of rotatable bonds is 2. The molecule has 1 aromatic heterocycles. The first-order chi connectivity index (χ1) is 4.86. The van der Waals surface area contributed by atoms with Crippen LogP contribution in [-0.2, 0) is 0 Å². The van der Waals surface area contributed by atoms with Gasteiger partial charge in [-0.15, -0.1) is 0 Å². The minimum Gasteiger partial charge on any atom is -0.331 e. The van der Waals surface area contributed by atoms with E-state index in [0.29, 0.717) is 0 Å². The second kappa shape index (κ2) is 3.06. The molecule has 0 aliphatic carbocycles. The lowest BCUT2D eigenvalue weighted by atomic mass is 10.3. The molecule has 10 heavy (non-hydrogen) atoms. The van der Waals surface area contributed by atoms with E-state index in [4.69, 9.17) is 0 Å². The molecule has 0 bridgehead atoms. The molecule has 1 rings (SSSR count). The first-order valence-electron chi connectivity index (χ1n) is 3.29. The molecule has 1 aromatic rings. The maximum absolute atomic E-state index is 3.64. The average Bonchev–Trinajstić information content (AvgIpc) is 2.37. The molecule has 0 amide bonds. The summed E-state index contributed by atoms with van der Waals surface area (Å²) < 4.78 is 1.93. The number of allylic oxidation sites excluding steroid dienone is 1. The van der Waals surface area contributed by atoms with Crippen LogP contribution in [0, 0.1) is 0 Å². The Labute approximate surface area is 61.3 Å². The fourth-order valence-corrected chi connectivity index (χ4v) is 0.835. The minimum absolute atomic E-state index is 1.21. The molecule has 1 heteroatoms. The van der Waals surface area contributed by atoms with Crippen molar-refractivity contribution in [2.45, 2.75) is 6.92 Å². The molecule has 0 aliphatic heterocycles. The molecule has 1 heterocycles. The van der Waals surface area contributed by atoms with Gasteiger partial charge in [-0.1, -0.05) is 18.7 Å². The topological polar surface area (TPSA) is 4.93 Å². The summed E-state index contributed by atoms with van der Waals surface area (Å²) in [6.45, 7) is 5.65. The van der Waals surface area contributed by atoms with Gasteiger partial charge in [-0.2, -0.15) is 0 Å². The molecule has 0 saturated heterocycles. The summed E-state index contributed by atoms with van der Waals surface area (Å²) in [6.07, 6.45) is 9.84. The van der Waals surface area contributed by atoms with E-state index in [0.717, 1.165) is 0 Å². The quantitative estimate of drug-likeness (QED) is 0.584. The van der Waals surface area contributed by atoms with Gasteiger partial charge in [0, 0.05) is 18.6 Å². The summed E-state index contributed by atoms with van der Waals surface area (Å²) in [5, 5.41) is 0. The van der Waals surface area contributed by atoms with E-state index < -0.39 is 0 Å². The van der Waals surface area contributed by atoms with Gasteiger partial charge in [-0.3, -0.25) is 0 Å². The normalized spacial score (nSPS) is 10.5. The van der Waals surface area contributed by atoms with Crippen molar-refractivity contribution in [3.05, 3.63) is 36.7 Å².